The molecule has 29 heavy (non-hydrogen) atoms. The van der Waals surface area contributed by atoms with Crippen LogP contribution in [-0.2, 0) is 9.53 Å². The zero-order valence-corrected chi connectivity index (χ0v) is 16.1. The third-order valence-electron chi connectivity index (χ3n) is 5.56. The fourth-order valence-electron chi connectivity index (χ4n) is 4.17. The largest absolute Gasteiger partial charge is 0.378 e. The van der Waals surface area contributed by atoms with Crippen LogP contribution in [0.3, 0.4) is 0 Å². The van der Waals surface area contributed by atoms with Crippen LogP contribution in [0.5, 0.6) is 0 Å². The second kappa shape index (κ2) is 7.00. The average molecular weight is 392 g/mol. The third kappa shape index (κ3) is 2.89. The van der Waals surface area contributed by atoms with Crippen molar-refractivity contribution in [2.24, 2.45) is 0 Å². The molecule has 148 valence electrons. The zero-order valence-electron chi connectivity index (χ0n) is 16.1. The highest BCUT2D eigenvalue weighted by Gasteiger charge is 2.37. The third-order valence-corrected chi connectivity index (χ3v) is 5.56. The maximum Gasteiger partial charge on any atom is 0.254 e. The maximum atomic E-state index is 15.0. The number of rotatable bonds is 2. The van der Waals surface area contributed by atoms with Gasteiger partial charge in [0.05, 0.1) is 35.9 Å². The van der Waals surface area contributed by atoms with Gasteiger partial charge in [-0.05, 0) is 25.1 Å². The predicted molar refractivity (Wildman–Crippen MR) is 108 cm³/mol. The van der Waals surface area contributed by atoms with Crippen LogP contribution >= 0.6 is 0 Å². The highest BCUT2D eigenvalue weighted by molar-refractivity contribution is 5.98. The molecule has 1 atom stereocenters. The predicted octanol–water partition coefficient (Wildman–Crippen LogP) is 3.32. The van der Waals surface area contributed by atoms with Crippen molar-refractivity contribution < 1.29 is 13.9 Å². The van der Waals surface area contributed by atoms with Crippen LogP contribution in [0.2, 0.25) is 0 Å². The summed E-state index contributed by atoms with van der Waals surface area (Å²) in [6.07, 6.45) is 0. The van der Waals surface area contributed by atoms with Gasteiger partial charge in [-0.3, -0.25) is 9.36 Å². The molecular weight excluding hydrogens is 371 g/mol. The maximum absolute atomic E-state index is 15.0. The van der Waals surface area contributed by atoms with Crippen molar-refractivity contribution in [2.75, 3.05) is 31.6 Å². The summed E-state index contributed by atoms with van der Waals surface area (Å²) in [5.74, 6) is 0.161. The Bertz CT molecular complexity index is 1130. The SMILES string of the molecule is CC1=C(C(=O)N2CCOCC2)[C@H](c2ccccc2F)n2c(nc3ccccc32)N1. The molecular formula is C22H21FN4O2. The summed E-state index contributed by atoms with van der Waals surface area (Å²) in [5, 5.41) is 3.27. The van der Waals surface area contributed by atoms with Crippen LogP contribution in [0, 0.1) is 5.82 Å². The molecule has 0 spiro atoms. The van der Waals surface area contributed by atoms with E-state index in [1.807, 2.05) is 35.8 Å². The van der Waals surface area contributed by atoms with Crippen molar-refractivity contribution >= 4 is 22.9 Å². The smallest absolute Gasteiger partial charge is 0.254 e. The Morgan fingerprint density at radius 2 is 1.86 bits per heavy atom. The summed E-state index contributed by atoms with van der Waals surface area (Å²) in [6, 6.07) is 13.7. The number of fused-ring (bicyclic) bond motifs is 3. The number of nitrogens with zero attached hydrogens (tertiary/aromatic N) is 3. The van der Waals surface area contributed by atoms with Crippen molar-refractivity contribution in [3.8, 4) is 0 Å². The van der Waals surface area contributed by atoms with Crippen LogP contribution in [0.4, 0.5) is 10.3 Å². The summed E-state index contributed by atoms with van der Waals surface area (Å²) < 4.78 is 22.3. The number of allylic oxidation sites excluding steroid dienone is 1. The summed E-state index contributed by atoms with van der Waals surface area (Å²) in [7, 11) is 0. The molecule has 0 unspecified atom stereocenters. The van der Waals surface area contributed by atoms with Crippen molar-refractivity contribution in [3.05, 3.63) is 71.2 Å². The number of imidazole rings is 1. The van der Waals surface area contributed by atoms with Gasteiger partial charge in [-0.15, -0.1) is 0 Å². The number of morpholine rings is 1. The number of hydrogen-bond acceptors (Lipinski definition) is 4. The van der Waals surface area contributed by atoms with E-state index in [1.54, 1.807) is 23.1 Å². The number of halogens is 1. The first kappa shape index (κ1) is 17.9. The van der Waals surface area contributed by atoms with Gasteiger partial charge in [0, 0.05) is 24.4 Å². The van der Waals surface area contributed by atoms with E-state index in [2.05, 4.69) is 10.3 Å². The second-order valence-electron chi connectivity index (χ2n) is 7.29. The van der Waals surface area contributed by atoms with Gasteiger partial charge in [-0.2, -0.15) is 0 Å². The molecule has 5 rings (SSSR count). The van der Waals surface area contributed by atoms with E-state index < -0.39 is 6.04 Å². The number of hydrogen-bond donors (Lipinski definition) is 1. The number of benzene rings is 2. The van der Waals surface area contributed by atoms with Crippen LogP contribution in [0.15, 0.2) is 59.8 Å². The monoisotopic (exact) mass is 392 g/mol. The van der Waals surface area contributed by atoms with Gasteiger partial charge in [0.15, 0.2) is 0 Å². The van der Waals surface area contributed by atoms with E-state index in [-0.39, 0.29) is 11.7 Å². The molecule has 0 radical (unpaired) electrons. The van der Waals surface area contributed by atoms with E-state index >= 15 is 0 Å². The fraction of sp³-hybridized carbons (Fsp3) is 0.273. The van der Waals surface area contributed by atoms with Gasteiger partial charge in [0.2, 0.25) is 5.95 Å². The number of carbonyl (C=O) groups excluding carboxylic acids is 1. The number of ether oxygens (including phenoxy) is 1. The van der Waals surface area contributed by atoms with Crippen molar-refractivity contribution in [3.63, 3.8) is 0 Å². The van der Waals surface area contributed by atoms with Gasteiger partial charge >= 0.3 is 0 Å². The Balaban J connectivity index is 1.72. The molecule has 0 bridgehead atoms. The molecule has 1 aromatic heterocycles. The van der Waals surface area contributed by atoms with Crippen molar-refractivity contribution in [1.29, 1.82) is 0 Å². The molecule has 7 heteroatoms. The Morgan fingerprint density at radius 3 is 2.66 bits per heavy atom. The number of para-hydroxylation sites is 2. The van der Waals surface area contributed by atoms with E-state index in [0.717, 1.165) is 11.0 Å². The fourth-order valence-corrected chi connectivity index (χ4v) is 4.17. The highest BCUT2D eigenvalue weighted by atomic mass is 19.1. The zero-order chi connectivity index (χ0) is 20.0. The van der Waals surface area contributed by atoms with Crippen LogP contribution in [0.25, 0.3) is 11.0 Å². The van der Waals surface area contributed by atoms with Crippen molar-refractivity contribution in [2.45, 2.75) is 13.0 Å². The van der Waals surface area contributed by atoms with E-state index in [0.29, 0.717) is 49.1 Å². The number of amides is 1. The van der Waals surface area contributed by atoms with Crippen molar-refractivity contribution in [1.82, 2.24) is 14.5 Å². The number of carbonyl (C=O) groups is 1. The molecule has 2 aliphatic rings. The summed E-state index contributed by atoms with van der Waals surface area (Å²) in [4.78, 5) is 20.0. The number of anilines is 1. The van der Waals surface area contributed by atoms with E-state index in [4.69, 9.17) is 4.74 Å². The lowest BCUT2D eigenvalue weighted by Crippen LogP contribution is -2.44. The normalized spacial score (nSPS) is 19.2. The molecule has 3 heterocycles. The lowest BCUT2D eigenvalue weighted by atomic mass is 9.93. The standard InChI is InChI=1S/C22H21FN4O2/c1-14-19(21(28)26-10-12-29-13-11-26)20(15-6-2-3-7-16(15)23)27-18-9-5-4-8-17(18)25-22(27)24-14/h2-9,20H,10-13H2,1H3,(H,24,25)/t20-/m0/s1. The molecule has 0 aliphatic carbocycles. The first-order chi connectivity index (χ1) is 14.1. The Morgan fingerprint density at radius 1 is 1.14 bits per heavy atom. The van der Waals surface area contributed by atoms with Gasteiger partial charge in [0.25, 0.3) is 5.91 Å². The Labute approximate surface area is 167 Å². The molecule has 2 aliphatic heterocycles. The first-order valence-corrected chi connectivity index (χ1v) is 9.71. The van der Waals surface area contributed by atoms with Gasteiger partial charge in [-0.1, -0.05) is 30.3 Å². The van der Waals surface area contributed by atoms with Gasteiger partial charge < -0.3 is 15.0 Å². The van der Waals surface area contributed by atoms with E-state index in [1.165, 1.54) is 6.07 Å². The first-order valence-electron chi connectivity index (χ1n) is 9.71. The molecule has 3 aromatic rings. The second-order valence-corrected chi connectivity index (χ2v) is 7.29. The van der Waals surface area contributed by atoms with E-state index in [9.17, 15) is 9.18 Å². The molecule has 1 N–H and O–H groups in total. The van der Waals surface area contributed by atoms with Crippen LogP contribution in [-0.4, -0.2) is 46.7 Å². The number of aromatic nitrogens is 2. The lowest BCUT2D eigenvalue weighted by Gasteiger charge is -2.35. The lowest BCUT2D eigenvalue weighted by molar-refractivity contribution is -0.131. The van der Waals surface area contributed by atoms with Crippen LogP contribution < -0.4 is 5.32 Å². The summed E-state index contributed by atoms with van der Waals surface area (Å²) >= 11 is 0. The minimum Gasteiger partial charge on any atom is -0.378 e. The quantitative estimate of drug-likeness (QED) is 0.727. The minimum atomic E-state index is -0.602. The highest BCUT2D eigenvalue weighted by Crippen LogP contribution is 2.40. The molecule has 1 amide bonds. The van der Waals surface area contributed by atoms with Crippen LogP contribution in [0.1, 0.15) is 18.5 Å². The molecule has 6 nitrogen and oxygen atoms in total. The Kier molecular flexibility index (Phi) is 4.32. The molecule has 1 fully saturated rings. The minimum absolute atomic E-state index is 0.102. The molecule has 1 saturated heterocycles. The van der Waals surface area contributed by atoms with Gasteiger partial charge in [0.1, 0.15) is 5.82 Å². The Hall–Kier alpha value is -3.19. The van der Waals surface area contributed by atoms with Gasteiger partial charge in [-0.25, -0.2) is 9.37 Å². The molecule has 2 aromatic carbocycles. The summed E-state index contributed by atoms with van der Waals surface area (Å²) in [6.45, 7) is 3.92. The average Bonchev–Trinajstić information content (AvgIpc) is 3.11. The summed E-state index contributed by atoms with van der Waals surface area (Å²) in [5.41, 5.74) is 3.33. The number of nitrogens with one attached hydrogen (secondary N) is 1. The topological polar surface area (TPSA) is 59.4 Å². The molecule has 0 saturated carbocycles.